The van der Waals surface area contributed by atoms with Crippen LogP contribution in [0.25, 0.3) is 21.5 Å². The molecule has 0 aliphatic carbocycles. The molecule has 0 saturated carbocycles. The largest absolute Gasteiger partial charge is 0.478 e. The predicted octanol–water partition coefficient (Wildman–Crippen LogP) is 5.54. The van der Waals surface area contributed by atoms with Gasteiger partial charge in [0, 0.05) is 10.9 Å². The maximum absolute atomic E-state index is 14.4. The quantitative estimate of drug-likeness (QED) is 0.429. The fourth-order valence-electron chi connectivity index (χ4n) is 3.08. The lowest BCUT2D eigenvalue weighted by atomic mass is 10.1. The number of carbonyl (C=O) groups excluding carboxylic acids is 1. The van der Waals surface area contributed by atoms with Crippen LogP contribution in [0.4, 0.5) is 18.9 Å². The molecule has 31 heavy (non-hydrogen) atoms. The highest BCUT2D eigenvalue weighted by Gasteiger charge is 2.26. The zero-order valence-electron chi connectivity index (χ0n) is 16.0. The number of rotatable bonds is 4. The lowest BCUT2D eigenvalue weighted by molar-refractivity contribution is 0.0699. The van der Waals surface area contributed by atoms with Crippen LogP contribution in [-0.2, 0) is 0 Å². The molecule has 4 aromatic rings. The minimum Gasteiger partial charge on any atom is -0.478 e. The fraction of sp³-hybridized carbons (Fsp3) is 0.0952. The van der Waals surface area contributed by atoms with E-state index in [4.69, 9.17) is 4.42 Å². The van der Waals surface area contributed by atoms with Crippen LogP contribution in [-0.4, -0.2) is 22.0 Å². The first kappa shape index (κ1) is 20.6. The first-order valence-electron chi connectivity index (χ1n) is 8.85. The molecule has 0 fully saturated rings. The van der Waals surface area contributed by atoms with Crippen molar-refractivity contribution in [1.82, 2.24) is 4.98 Å². The van der Waals surface area contributed by atoms with Crippen molar-refractivity contribution in [2.75, 3.05) is 5.32 Å². The van der Waals surface area contributed by atoms with Gasteiger partial charge in [-0.15, -0.1) is 11.3 Å². The Morgan fingerprint density at radius 2 is 1.87 bits per heavy atom. The molecule has 10 heteroatoms. The lowest BCUT2D eigenvalue weighted by Gasteiger charge is -2.07. The van der Waals surface area contributed by atoms with Gasteiger partial charge < -0.3 is 14.8 Å². The number of benzene rings is 2. The average molecular weight is 446 g/mol. The van der Waals surface area contributed by atoms with Gasteiger partial charge >= 0.3 is 11.9 Å². The fourth-order valence-corrected chi connectivity index (χ4v) is 4.09. The van der Waals surface area contributed by atoms with Gasteiger partial charge in [-0.05, 0) is 37.1 Å². The van der Waals surface area contributed by atoms with Crippen LogP contribution in [0.3, 0.4) is 0 Å². The Morgan fingerprint density at radius 3 is 2.58 bits per heavy atom. The van der Waals surface area contributed by atoms with Crippen LogP contribution in [0, 0.1) is 31.3 Å². The molecule has 4 rings (SSSR count). The number of carbonyl (C=O) groups is 2. The van der Waals surface area contributed by atoms with Gasteiger partial charge in [0.1, 0.15) is 11.1 Å². The number of aromatic nitrogens is 1. The van der Waals surface area contributed by atoms with Crippen molar-refractivity contribution in [2.45, 2.75) is 13.8 Å². The zero-order valence-corrected chi connectivity index (χ0v) is 16.9. The maximum atomic E-state index is 14.4. The number of nitrogens with one attached hydrogen (secondary N) is 1. The Bertz CT molecular complexity index is 1380. The van der Waals surface area contributed by atoms with E-state index in [0.717, 1.165) is 11.3 Å². The van der Waals surface area contributed by atoms with Crippen LogP contribution in [0.5, 0.6) is 0 Å². The second-order valence-electron chi connectivity index (χ2n) is 6.78. The molecule has 0 aliphatic heterocycles. The van der Waals surface area contributed by atoms with E-state index in [2.05, 4.69) is 10.3 Å². The van der Waals surface area contributed by atoms with Crippen molar-refractivity contribution >= 4 is 40.0 Å². The third-order valence-corrected chi connectivity index (χ3v) is 5.57. The van der Waals surface area contributed by atoms with Gasteiger partial charge in [-0.2, -0.15) is 0 Å². The standard InChI is InChI=1S/C21H13F3N2O4S/c1-8-5-11(22)17-12(6-8)26-20(30-17)19(27)25-13-7-31-18(14(13)21(28)29)10-4-3-9(2)15(23)16(10)24/h3-7H,1-2H3,(H,25,27)(H,28,29). The van der Waals surface area contributed by atoms with E-state index in [1.807, 2.05) is 0 Å². The van der Waals surface area contributed by atoms with Gasteiger partial charge in [0.05, 0.1) is 10.6 Å². The summed E-state index contributed by atoms with van der Waals surface area (Å²) in [7, 11) is 0. The number of anilines is 1. The highest BCUT2D eigenvalue weighted by Crippen LogP contribution is 2.38. The highest BCUT2D eigenvalue weighted by atomic mass is 32.1. The first-order valence-corrected chi connectivity index (χ1v) is 9.73. The lowest BCUT2D eigenvalue weighted by Crippen LogP contribution is -2.14. The van der Waals surface area contributed by atoms with Crippen molar-refractivity contribution in [3.8, 4) is 10.4 Å². The number of hydrogen-bond acceptors (Lipinski definition) is 5. The summed E-state index contributed by atoms with van der Waals surface area (Å²) in [6, 6.07) is 5.34. The number of fused-ring (bicyclic) bond motifs is 1. The molecule has 0 bridgehead atoms. The third-order valence-electron chi connectivity index (χ3n) is 4.56. The monoisotopic (exact) mass is 446 g/mol. The normalized spacial score (nSPS) is 11.1. The first-order chi connectivity index (χ1) is 14.7. The van der Waals surface area contributed by atoms with Gasteiger partial charge in [0.25, 0.3) is 5.89 Å². The molecule has 2 aromatic heterocycles. The molecule has 1 amide bonds. The van der Waals surface area contributed by atoms with Gasteiger partial charge in [-0.3, -0.25) is 4.79 Å². The van der Waals surface area contributed by atoms with Crippen LogP contribution < -0.4 is 5.32 Å². The number of amides is 1. The van der Waals surface area contributed by atoms with Gasteiger partial charge in [-0.25, -0.2) is 22.9 Å². The SMILES string of the molecule is Cc1cc(F)c2oc(C(=O)Nc3csc(-c4ccc(C)c(F)c4F)c3C(=O)O)nc2c1. The smallest absolute Gasteiger partial charge is 0.339 e. The summed E-state index contributed by atoms with van der Waals surface area (Å²) in [4.78, 5) is 28.2. The molecule has 0 unspecified atom stereocenters. The second kappa shape index (κ2) is 7.55. The van der Waals surface area contributed by atoms with Gasteiger partial charge in [-0.1, -0.05) is 12.1 Å². The van der Waals surface area contributed by atoms with Crippen molar-refractivity contribution in [3.63, 3.8) is 0 Å². The van der Waals surface area contributed by atoms with E-state index in [-0.39, 0.29) is 32.8 Å². The van der Waals surface area contributed by atoms with E-state index in [1.165, 1.54) is 36.6 Å². The summed E-state index contributed by atoms with van der Waals surface area (Å²) >= 11 is 0.820. The Hall–Kier alpha value is -3.66. The minimum atomic E-state index is -1.45. The van der Waals surface area contributed by atoms with Gasteiger partial charge in [0.15, 0.2) is 23.0 Å². The number of thiophene rings is 1. The predicted molar refractivity (Wildman–Crippen MR) is 108 cm³/mol. The third kappa shape index (κ3) is 3.55. The average Bonchev–Trinajstić information content (AvgIpc) is 3.31. The topological polar surface area (TPSA) is 92.4 Å². The summed E-state index contributed by atoms with van der Waals surface area (Å²) < 4.78 is 47.6. The van der Waals surface area contributed by atoms with Crippen LogP contribution in [0.1, 0.15) is 32.2 Å². The molecule has 6 nitrogen and oxygen atoms in total. The summed E-state index contributed by atoms with van der Waals surface area (Å²) in [5, 5.41) is 13.2. The number of halogens is 3. The summed E-state index contributed by atoms with van der Waals surface area (Å²) in [6.45, 7) is 3.03. The number of aromatic carboxylic acids is 1. The van der Waals surface area contributed by atoms with Crippen molar-refractivity contribution < 1.29 is 32.3 Å². The van der Waals surface area contributed by atoms with Crippen molar-refractivity contribution in [3.05, 3.63) is 69.7 Å². The molecule has 0 atom stereocenters. The highest BCUT2D eigenvalue weighted by molar-refractivity contribution is 7.14. The number of nitrogens with zero attached hydrogens (tertiary/aromatic N) is 1. The Labute approximate surface area is 177 Å². The Balaban J connectivity index is 1.73. The minimum absolute atomic E-state index is 0.0709. The van der Waals surface area contributed by atoms with Crippen LogP contribution in [0.15, 0.2) is 34.1 Å². The molecule has 0 radical (unpaired) electrons. The molecular formula is C21H13F3N2O4S. The summed E-state index contributed by atoms with van der Waals surface area (Å²) in [5.41, 5.74) is -0.252. The van der Waals surface area contributed by atoms with Crippen molar-refractivity contribution in [2.24, 2.45) is 0 Å². The Morgan fingerprint density at radius 1 is 1.13 bits per heavy atom. The maximum Gasteiger partial charge on any atom is 0.339 e. The van der Waals surface area contributed by atoms with Crippen molar-refractivity contribution in [1.29, 1.82) is 0 Å². The number of aryl methyl sites for hydroxylation is 2. The number of oxazole rings is 1. The molecule has 2 aromatic carbocycles. The van der Waals surface area contributed by atoms with Crippen LogP contribution >= 0.6 is 11.3 Å². The summed E-state index contributed by atoms with van der Waals surface area (Å²) in [6.07, 6.45) is 0. The molecule has 158 valence electrons. The molecule has 0 spiro atoms. The Kier molecular flexibility index (Phi) is 5.02. The van der Waals surface area contributed by atoms with E-state index < -0.39 is 40.8 Å². The molecule has 0 saturated heterocycles. The van der Waals surface area contributed by atoms with E-state index in [1.54, 1.807) is 6.92 Å². The van der Waals surface area contributed by atoms with E-state index >= 15 is 0 Å². The van der Waals surface area contributed by atoms with Crippen LogP contribution in [0.2, 0.25) is 0 Å². The van der Waals surface area contributed by atoms with E-state index in [0.29, 0.717) is 5.56 Å². The number of hydrogen-bond donors (Lipinski definition) is 2. The molecule has 2 heterocycles. The second-order valence-corrected chi connectivity index (χ2v) is 7.66. The molecule has 0 aliphatic rings. The zero-order chi connectivity index (χ0) is 22.4. The number of carboxylic acid groups (broad SMARTS) is 1. The summed E-state index contributed by atoms with van der Waals surface area (Å²) in [5.74, 6) is -5.82. The number of carboxylic acids is 1. The molecule has 2 N–H and O–H groups in total. The van der Waals surface area contributed by atoms with E-state index in [9.17, 15) is 27.9 Å². The molecular weight excluding hydrogens is 433 g/mol. The van der Waals surface area contributed by atoms with Gasteiger partial charge in [0.2, 0.25) is 0 Å².